The summed E-state index contributed by atoms with van der Waals surface area (Å²) in [7, 11) is 0. The number of hydrogen-bond acceptors (Lipinski definition) is 2. The number of piperidine rings is 1. The van der Waals surface area contributed by atoms with Crippen molar-refractivity contribution in [3.8, 4) is 0 Å². The van der Waals surface area contributed by atoms with Crippen LogP contribution in [0, 0.1) is 0 Å². The molecule has 0 radical (unpaired) electrons. The zero-order valence-corrected chi connectivity index (χ0v) is 14.6. The Bertz CT molecular complexity index is 444. The Kier molecular flexibility index (Phi) is 6.81. The van der Waals surface area contributed by atoms with Crippen LogP contribution >= 0.6 is 23.2 Å². The van der Waals surface area contributed by atoms with E-state index in [0.29, 0.717) is 12.1 Å². The highest BCUT2D eigenvalue weighted by Gasteiger charge is 2.22. The molecule has 0 amide bonds. The lowest BCUT2D eigenvalue weighted by molar-refractivity contribution is 0.176. The van der Waals surface area contributed by atoms with E-state index in [-0.39, 0.29) is 0 Å². The van der Waals surface area contributed by atoms with E-state index in [4.69, 9.17) is 23.2 Å². The van der Waals surface area contributed by atoms with Crippen molar-refractivity contribution < 1.29 is 0 Å². The summed E-state index contributed by atoms with van der Waals surface area (Å²) in [6.07, 6.45) is 5.06. The maximum Gasteiger partial charge on any atom is 0.0454 e. The molecule has 0 bridgehead atoms. The smallest absolute Gasteiger partial charge is 0.0454 e. The van der Waals surface area contributed by atoms with E-state index in [1.807, 2.05) is 18.2 Å². The molecule has 0 saturated carbocycles. The average Bonchev–Trinajstić information content (AvgIpc) is 2.49. The summed E-state index contributed by atoms with van der Waals surface area (Å²) in [5, 5.41) is 5.21. The molecule has 4 heteroatoms. The first-order chi connectivity index (χ1) is 10.1. The van der Waals surface area contributed by atoms with Crippen molar-refractivity contribution in [3.05, 3.63) is 33.8 Å². The monoisotopic (exact) mass is 328 g/mol. The lowest BCUT2D eigenvalue weighted by Gasteiger charge is -2.35. The molecule has 0 aliphatic carbocycles. The highest BCUT2D eigenvalue weighted by atomic mass is 35.5. The van der Waals surface area contributed by atoms with Crippen molar-refractivity contribution in [2.45, 2.75) is 51.6 Å². The third-order valence-electron chi connectivity index (χ3n) is 4.33. The molecule has 0 spiro atoms. The number of hydrogen-bond donors (Lipinski definition) is 1. The Hall–Kier alpha value is -0.280. The van der Waals surface area contributed by atoms with Gasteiger partial charge in [0.2, 0.25) is 0 Å². The van der Waals surface area contributed by atoms with Gasteiger partial charge in [-0.25, -0.2) is 0 Å². The molecule has 1 aromatic rings. The second-order valence-corrected chi connectivity index (χ2v) is 6.83. The van der Waals surface area contributed by atoms with Gasteiger partial charge in [0, 0.05) is 28.7 Å². The highest BCUT2D eigenvalue weighted by molar-refractivity contribution is 6.33. The fourth-order valence-corrected chi connectivity index (χ4v) is 3.58. The summed E-state index contributed by atoms with van der Waals surface area (Å²) in [6, 6.07) is 6.66. The van der Waals surface area contributed by atoms with Gasteiger partial charge in [0.25, 0.3) is 0 Å². The van der Waals surface area contributed by atoms with E-state index in [1.54, 1.807) is 0 Å². The lowest BCUT2D eigenvalue weighted by Crippen LogP contribution is -2.44. The van der Waals surface area contributed by atoms with Gasteiger partial charge in [-0.2, -0.15) is 0 Å². The molecule has 1 heterocycles. The van der Waals surface area contributed by atoms with Gasteiger partial charge in [-0.05, 0) is 63.0 Å². The molecule has 2 atom stereocenters. The quantitative estimate of drug-likeness (QED) is 0.798. The molecule has 21 heavy (non-hydrogen) atoms. The molecular formula is C17H26Cl2N2. The molecule has 118 valence electrons. The Labute approximate surface area is 138 Å². The summed E-state index contributed by atoms with van der Waals surface area (Å²) in [6.45, 7) is 7.78. The van der Waals surface area contributed by atoms with Gasteiger partial charge in [-0.3, -0.25) is 4.90 Å². The number of halogens is 2. The molecule has 2 rings (SSSR count). The molecule has 1 fully saturated rings. The zero-order chi connectivity index (χ0) is 15.2. The highest BCUT2D eigenvalue weighted by Crippen LogP contribution is 2.30. The summed E-state index contributed by atoms with van der Waals surface area (Å²) in [5.74, 6) is 0. The molecule has 1 aliphatic rings. The third kappa shape index (κ3) is 4.85. The predicted molar refractivity (Wildman–Crippen MR) is 92.4 cm³/mol. The van der Waals surface area contributed by atoms with Crippen molar-refractivity contribution in [1.82, 2.24) is 10.2 Å². The van der Waals surface area contributed by atoms with Gasteiger partial charge < -0.3 is 5.32 Å². The normalized spacial score (nSPS) is 20.7. The minimum absolute atomic E-state index is 0.292. The van der Waals surface area contributed by atoms with E-state index in [0.717, 1.165) is 41.7 Å². The van der Waals surface area contributed by atoms with Gasteiger partial charge >= 0.3 is 0 Å². The minimum atomic E-state index is 0.292. The summed E-state index contributed by atoms with van der Waals surface area (Å²) in [5.41, 5.74) is 1.13. The third-order valence-corrected chi connectivity index (χ3v) is 4.91. The molecule has 1 N–H and O–H groups in total. The summed E-state index contributed by atoms with van der Waals surface area (Å²) in [4.78, 5) is 2.53. The van der Waals surface area contributed by atoms with Crippen LogP contribution in [0.5, 0.6) is 0 Å². The first kappa shape index (κ1) is 17.1. The SMILES string of the molecule is CCCN(CC1CCCCN1)C(C)c1cc(Cl)ccc1Cl. The standard InChI is InChI=1S/C17H26Cl2N2/c1-3-10-21(12-15-6-4-5-9-20-15)13(2)16-11-14(18)7-8-17(16)19/h7-8,11,13,15,20H,3-6,9-10,12H2,1-2H3. The molecule has 2 nitrogen and oxygen atoms in total. The van der Waals surface area contributed by atoms with Gasteiger partial charge in [-0.15, -0.1) is 0 Å². The van der Waals surface area contributed by atoms with E-state index < -0.39 is 0 Å². The lowest BCUT2D eigenvalue weighted by atomic mass is 10.0. The van der Waals surface area contributed by atoms with Gasteiger partial charge in [-0.1, -0.05) is 36.5 Å². The first-order valence-electron chi connectivity index (χ1n) is 8.04. The fourth-order valence-electron chi connectivity index (χ4n) is 3.12. The van der Waals surface area contributed by atoms with Crippen molar-refractivity contribution in [1.29, 1.82) is 0 Å². The van der Waals surface area contributed by atoms with Crippen LogP contribution in [-0.4, -0.2) is 30.6 Å². The topological polar surface area (TPSA) is 15.3 Å². The Morgan fingerprint density at radius 3 is 2.81 bits per heavy atom. The Balaban J connectivity index is 2.10. The maximum atomic E-state index is 6.38. The van der Waals surface area contributed by atoms with Gasteiger partial charge in [0.1, 0.15) is 0 Å². The number of nitrogens with one attached hydrogen (secondary N) is 1. The number of nitrogens with zero attached hydrogens (tertiary/aromatic N) is 1. The fraction of sp³-hybridized carbons (Fsp3) is 0.647. The molecule has 1 aromatic carbocycles. The predicted octanol–water partition coefficient (Wildman–Crippen LogP) is 4.91. The molecule has 0 aromatic heterocycles. The van der Waals surface area contributed by atoms with Crippen molar-refractivity contribution in [2.75, 3.05) is 19.6 Å². The van der Waals surface area contributed by atoms with Crippen LogP contribution < -0.4 is 5.32 Å². The molecule has 1 aliphatic heterocycles. The molecule has 2 unspecified atom stereocenters. The maximum absolute atomic E-state index is 6.38. The van der Waals surface area contributed by atoms with Crippen LogP contribution in [0.25, 0.3) is 0 Å². The van der Waals surface area contributed by atoms with E-state index in [9.17, 15) is 0 Å². The molecule has 1 saturated heterocycles. The Morgan fingerprint density at radius 2 is 2.14 bits per heavy atom. The van der Waals surface area contributed by atoms with Crippen molar-refractivity contribution >= 4 is 23.2 Å². The van der Waals surface area contributed by atoms with Crippen LogP contribution in [0.15, 0.2) is 18.2 Å². The second-order valence-electron chi connectivity index (χ2n) is 5.98. The summed E-state index contributed by atoms with van der Waals surface area (Å²) < 4.78 is 0. The van der Waals surface area contributed by atoms with Gasteiger partial charge in [0.05, 0.1) is 0 Å². The zero-order valence-electron chi connectivity index (χ0n) is 13.0. The van der Waals surface area contributed by atoms with Crippen LogP contribution in [0.1, 0.15) is 51.1 Å². The molecular weight excluding hydrogens is 303 g/mol. The minimum Gasteiger partial charge on any atom is -0.313 e. The first-order valence-corrected chi connectivity index (χ1v) is 8.79. The number of benzene rings is 1. The Morgan fingerprint density at radius 1 is 1.33 bits per heavy atom. The van der Waals surface area contributed by atoms with Crippen molar-refractivity contribution in [3.63, 3.8) is 0 Å². The van der Waals surface area contributed by atoms with Crippen molar-refractivity contribution in [2.24, 2.45) is 0 Å². The van der Waals surface area contributed by atoms with Crippen LogP contribution in [0.4, 0.5) is 0 Å². The van der Waals surface area contributed by atoms with Crippen LogP contribution in [0.2, 0.25) is 10.0 Å². The average molecular weight is 329 g/mol. The largest absolute Gasteiger partial charge is 0.313 e. The van der Waals surface area contributed by atoms with Gasteiger partial charge in [0.15, 0.2) is 0 Å². The van der Waals surface area contributed by atoms with E-state index >= 15 is 0 Å². The van der Waals surface area contributed by atoms with E-state index in [2.05, 4.69) is 24.1 Å². The second kappa shape index (κ2) is 8.38. The number of rotatable bonds is 6. The van der Waals surface area contributed by atoms with Crippen LogP contribution in [0.3, 0.4) is 0 Å². The van der Waals surface area contributed by atoms with E-state index in [1.165, 1.54) is 19.3 Å². The summed E-state index contributed by atoms with van der Waals surface area (Å²) >= 11 is 12.5. The van der Waals surface area contributed by atoms with Crippen LogP contribution in [-0.2, 0) is 0 Å².